The highest BCUT2D eigenvalue weighted by Crippen LogP contribution is 2.34. The number of rotatable bonds is 4. The molecule has 0 spiro atoms. The number of benzene rings is 1. The molecule has 18 heavy (non-hydrogen) atoms. The van der Waals surface area contributed by atoms with Crippen LogP contribution in [0.25, 0.3) is 0 Å². The number of hydrogen-bond acceptors (Lipinski definition) is 2. The fourth-order valence-corrected chi connectivity index (χ4v) is 2.05. The minimum absolute atomic E-state index is 0.0766. The van der Waals surface area contributed by atoms with Gasteiger partial charge in [0.2, 0.25) is 0 Å². The van der Waals surface area contributed by atoms with Crippen LogP contribution < -0.4 is 4.74 Å². The van der Waals surface area contributed by atoms with E-state index in [-0.39, 0.29) is 11.3 Å². The van der Waals surface area contributed by atoms with Gasteiger partial charge in [-0.25, -0.2) is 0 Å². The molecular weight excluding hydrogens is 222 g/mol. The highest BCUT2D eigenvalue weighted by Gasteiger charge is 2.20. The number of methoxy groups -OCH3 is 1. The molecule has 0 saturated heterocycles. The molecule has 1 unspecified atom stereocenters. The third-order valence-corrected chi connectivity index (χ3v) is 3.20. The average Bonchev–Trinajstić information content (AvgIpc) is 2.34. The highest BCUT2D eigenvalue weighted by atomic mass is 16.5. The second kappa shape index (κ2) is 5.91. The molecule has 2 nitrogen and oxygen atoms in total. The lowest BCUT2D eigenvalue weighted by molar-refractivity contribution is 0.406. The van der Waals surface area contributed by atoms with Gasteiger partial charge in [0.05, 0.1) is 19.1 Å². The van der Waals surface area contributed by atoms with Gasteiger partial charge in [0.15, 0.2) is 0 Å². The van der Waals surface area contributed by atoms with E-state index in [2.05, 4.69) is 45.9 Å². The van der Waals surface area contributed by atoms with Crippen molar-refractivity contribution < 1.29 is 4.74 Å². The van der Waals surface area contributed by atoms with E-state index in [9.17, 15) is 5.26 Å². The Morgan fingerprint density at radius 2 is 2.00 bits per heavy atom. The Kier molecular flexibility index (Phi) is 4.78. The van der Waals surface area contributed by atoms with Crippen molar-refractivity contribution in [2.45, 2.75) is 51.9 Å². The molecule has 1 rings (SSSR count). The largest absolute Gasteiger partial charge is 0.496 e. The van der Waals surface area contributed by atoms with E-state index in [4.69, 9.17) is 4.74 Å². The van der Waals surface area contributed by atoms with E-state index < -0.39 is 0 Å². The molecule has 0 aliphatic heterocycles. The lowest BCUT2D eigenvalue weighted by Crippen LogP contribution is -2.12. The molecule has 0 saturated carbocycles. The van der Waals surface area contributed by atoms with Crippen LogP contribution >= 0.6 is 0 Å². The number of nitrogens with zero attached hydrogens (tertiary/aromatic N) is 1. The number of hydrogen-bond donors (Lipinski definition) is 0. The zero-order valence-corrected chi connectivity index (χ0v) is 12.1. The van der Waals surface area contributed by atoms with E-state index in [0.717, 1.165) is 24.2 Å². The van der Waals surface area contributed by atoms with Gasteiger partial charge in [-0.15, -0.1) is 0 Å². The van der Waals surface area contributed by atoms with E-state index in [1.165, 1.54) is 5.56 Å². The summed E-state index contributed by atoms with van der Waals surface area (Å²) in [6.45, 7) is 8.64. The molecule has 0 aliphatic carbocycles. The van der Waals surface area contributed by atoms with Crippen molar-refractivity contribution in [1.82, 2.24) is 0 Å². The molecule has 0 heterocycles. The second-order valence-electron chi connectivity index (χ2n) is 5.68. The summed E-state index contributed by atoms with van der Waals surface area (Å²) < 4.78 is 5.39. The van der Waals surface area contributed by atoms with Crippen molar-refractivity contribution in [3.05, 3.63) is 29.3 Å². The van der Waals surface area contributed by atoms with Crippen LogP contribution in [-0.4, -0.2) is 7.11 Å². The zero-order valence-electron chi connectivity index (χ0n) is 12.1. The molecule has 1 aromatic carbocycles. The first-order valence-electron chi connectivity index (χ1n) is 6.52. The lowest BCUT2D eigenvalue weighted by atomic mass is 9.83. The van der Waals surface area contributed by atoms with Gasteiger partial charge in [0, 0.05) is 5.56 Å². The molecule has 0 radical (unpaired) electrons. The molecule has 0 amide bonds. The van der Waals surface area contributed by atoms with Crippen molar-refractivity contribution >= 4 is 0 Å². The quantitative estimate of drug-likeness (QED) is 0.787. The van der Waals surface area contributed by atoms with Gasteiger partial charge in [0.25, 0.3) is 0 Å². The zero-order chi connectivity index (χ0) is 13.8. The van der Waals surface area contributed by atoms with Crippen molar-refractivity contribution in [3.8, 4) is 11.8 Å². The van der Waals surface area contributed by atoms with Gasteiger partial charge < -0.3 is 4.74 Å². The molecule has 0 aromatic heterocycles. The summed E-state index contributed by atoms with van der Waals surface area (Å²) in [6, 6.07) is 8.59. The summed E-state index contributed by atoms with van der Waals surface area (Å²) in [5.74, 6) is 0.746. The summed E-state index contributed by atoms with van der Waals surface area (Å²) in [6.07, 6.45) is 1.88. The molecule has 0 aliphatic rings. The van der Waals surface area contributed by atoms with Crippen LogP contribution in [0, 0.1) is 11.3 Å². The normalized spacial score (nSPS) is 12.9. The van der Waals surface area contributed by atoms with E-state index >= 15 is 0 Å². The lowest BCUT2D eigenvalue weighted by Gasteiger charge is -2.22. The van der Waals surface area contributed by atoms with Crippen molar-refractivity contribution in [2.24, 2.45) is 0 Å². The Labute approximate surface area is 111 Å². The summed E-state index contributed by atoms with van der Waals surface area (Å²) in [5, 5.41) is 9.32. The molecule has 1 aromatic rings. The first-order valence-corrected chi connectivity index (χ1v) is 6.52. The van der Waals surface area contributed by atoms with Crippen LogP contribution in [0.1, 0.15) is 57.6 Å². The molecule has 98 valence electrons. The fraction of sp³-hybridized carbons (Fsp3) is 0.562. The Balaban J connectivity index is 3.26. The summed E-state index contributed by atoms with van der Waals surface area (Å²) in [7, 11) is 1.66. The first kappa shape index (κ1) is 14.6. The molecule has 0 N–H and O–H groups in total. The molecule has 2 heteroatoms. The third-order valence-electron chi connectivity index (χ3n) is 3.20. The Hall–Kier alpha value is -1.49. The standard InChI is InChI=1S/C16H23NO/c1-6-7-12(11-17)14-10-13(16(2,3)4)8-9-15(14)18-5/h8-10,12H,6-7H2,1-5H3. The molecular formula is C16H23NO. The Bertz CT molecular complexity index is 437. The van der Waals surface area contributed by atoms with E-state index in [0.29, 0.717) is 0 Å². The summed E-state index contributed by atoms with van der Waals surface area (Å²) in [5.41, 5.74) is 2.36. The molecule has 1 atom stereocenters. The third kappa shape index (κ3) is 3.26. The van der Waals surface area contributed by atoms with Gasteiger partial charge >= 0.3 is 0 Å². The van der Waals surface area contributed by atoms with E-state index in [1.807, 2.05) is 6.07 Å². The van der Waals surface area contributed by atoms with Crippen LogP contribution in [0.3, 0.4) is 0 Å². The Morgan fingerprint density at radius 3 is 2.44 bits per heavy atom. The average molecular weight is 245 g/mol. The monoisotopic (exact) mass is 245 g/mol. The van der Waals surface area contributed by atoms with Gasteiger partial charge in [-0.1, -0.05) is 46.2 Å². The molecule has 0 bridgehead atoms. The summed E-state index contributed by atoms with van der Waals surface area (Å²) >= 11 is 0. The topological polar surface area (TPSA) is 33.0 Å². The number of nitriles is 1. The summed E-state index contributed by atoms with van der Waals surface area (Å²) in [4.78, 5) is 0. The minimum Gasteiger partial charge on any atom is -0.496 e. The minimum atomic E-state index is -0.0766. The highest BCUT2D eigenvalue weighted by molar-refractivity contribution is 5.43. The maximum atomic E-state index is 9.32. The SMILES string of the molecule is CCCC(C#N)c1cc(C(C)(C)C)ccc1OC. The maximum Gasteiger partial charge on any atom is 0.123 e. The van der Waals surface area contributed by atoms with Crippen molar-refractivity contribution in [3.63, 3.8) is 0 Å². The van der Waals surface area contributed by atoms with Gasteiger partial charge in [0.1, 0.15) is 5.75 Å². The van der Waals surface area contributed by atoms with E-state index in [1.54, 1.807) is 7.11 Å². The van der Waals surface area contributed by atoms with Crippen LogP contribution in [-0.2, 0) is 5.41 Å². The maximum absolute atomic E-state index is 9.32. The Morgan fingerprint density at radius 1 is 1.33 bits per heavy atom. The predicted molar refractivity (Wildman–Crippen MR) is 75.0 cm³/mol. The second-order valence-corrected chi connectivity index (χ2v) is 5.68. The van der Waals surface area contributed by atoms with Crippen LogP contribution in [0.5, 0.6) is 5.75 Å². The van der Waals surface area contributed by atoms with Gasteiger partial charge in [-0.3, -0.25) is 0 Å². The first-order chi connectivity index (χ1) is 8.43. The van der Waals surface area contributed by atoms with Crippen LogP contribution in [0.2, 0.25) is 0 Å². The predicted octanol–water partition coefficient (Wildman–Crippen LogP) is 4.40. The number of ether oxygens (including phenoxy) is 1. The van der Waals surface area contributed by atoms with Crippen molar-refractivity contribution in [1.29, 1.82) is 5.26 Å². The fourth-order valence-electron chi connectivity index (χ4n) is 2.05. The van der Waals surface area contributed by atoms with Gasteiger partial charge in [-0.05, 0) is 23.5 Å². The van der Waals surface area contributed by atoms with Gasteiger partial charge in [-0.2, -0.15) is 5.26 Å². The van der Waals surface area contributed by atoms with Crippen LogP contribution in [0.15, 0.2) is 18.2 Å². The van der Waals surface area contributed by atoms with Crippen LogP contribution in [0.4, 0.5) is 0 Å². The smallest absolute Gasteiger partial charge is 0.123 e. The van der Waals surface area contributed by atoms with Crippen molar-refractivity contribution in [2.75, 3.05) is 7.11 Å². The molecule has 0 fully saturated rings.